The summed E-state index contributed by atoms with van der Waals surface area (Å²) in [6, 6.07) is 12.8. The Balaban J connectivity index is 0.000000819. The van der Waals surface area contributed by atoms with Gasteiger partial charge in [-0.3, -0.25) is 0 Å². The molecule has 4 aromatic heterocycles. The Morgan fingerprint density at radius 2 is 0.877 bits per heavy atom. The predicted molar refractivity (Wildman–Crippen MR) is 224 cm³/mol. The first kappa shape index (κ1) is 59.0. The van der Waals surface area contributed by atoms with Gasteiger partial charge >= 0.3 is 31.8 Å². The molecule has 0 N–H and O–H groups in total. The summed E-state index contributed by atoms with van der Waals surface area (Å²) < 4.78 is 82.7. The molecule has 0 amide bonds. The molecule has 0 bridgehead atoms. The molecule has 6 rings (SSSR count). The van der Waals surface area contributed by atoms with Crippen LogP contribution < -0.4 is 19.7 Å². The third-order valence-electron chi connectivity index (χ3n) is 7.84. The van der Waals surface area contributed by atoms with E-state index >= 15 is 0 Å². The second-order valence-corrected chi connectivity index (χ2v) is 13.9. The molecule has 0 saturated carbocycles. The molecule has 2 aromatic carbocycles. The van der Waals surface area contributed by atoms with Crippen LogP contribution in [-0.4, -0.2) is 75.7 Å². The summed E-state index contributed by atoms with van der Waals surface area (Å²) in [5, 5.41) is 17.6. The number of carbonyl (C=O) groups excluding carboxylic acids is 2. The maximum absolute atomic E-state index is 10.5. The van der Waals surface area contributed by atoms with Gasteiger partial charge in [-0.05, 0) is 73.2 Å². The molecule has 65 heavy (non-hydrogen) atoms. The fourth-order valence-corrected chi connectivity index (χ4v) is 4.92. The molecule has 0 aliphatic rings. The van der Waals surface area contributed by atoms with E-state index in [4.69, 9.17) is 29.3 Å². The van der Waals surface area contributed by atoms with Gasteiger partial charge in [-0.15, -0.1) is 0 Å². The second kappa shape index (κ2) is 32.6. The van der Waals surface area contributed by atoms with Crippen molar-refractivity contribution >= 4 is 11.9 Å². The van der Waals surface area contributed by atoms with Gasteiger partial charge in [0, 0.05) is 76.8 Å². The largest absolute Gasteiger partial charge is 2.00 e. The van der Waals surface area contributed by atoms with E-state index in [-0.39, 0.29) is 19.5 Å². The van der Waals surface area contributed by atoms with Crippen molar-refractivity contribution in [2.24, 2.45) is 14.1 Å². The molecule has 6 aromatic rings. The van der Waals surface area contributed by atoms with Gasteiger partial charge in [0.1, 0.15) is 23.4 Å². The normalized spacial score (nSPS) is 10.3. The first-order valence-electron chi connectivity index (χ1n) is 20.0. The fraction of sp³-hybridized carbons (Fsp3) is 0.409. The third kappa shape index (κ3) is 29.9. The molecule has 0 saturated heterocycles. The summed E-state index contributed by atoms with van der Waals surface area (Å²) in [5.41, 5.74) is 4.98. The number of hydrogen-bond acceptors (Lipinski definition) is 10. The number of halogens is 6. The SMILES string of the molecule is CCCCCOc1cc(C)cc(Cn2ccnc2)c1.CCCCCOc1cc(C)cc(Cn2ccnc2)c1.Cn1ccnc1.Cn1ccnc1.O=C([O-])C(F)(F)F.O=C([O-])C(F)(F)F.[Zn+2]. The number of ether oxygens (including phenoxy) is 2. The Morgan fingerprint density at radius 3 is 1.11 bits per heavy atom. The van der Waals surface area contributed by atoms with E-state index in [2.05, 4.69) is 93.2 Å². The fourth-order valence-electron chi connectivity index (χ4n) is 4.92. The molecule has 14 nitrogen and oxygen atoms in total. The van der Waals surface area contributed by atoms with Gasteiger partial charge in [-0.1, -0.05) is 51.7 Å². The van der Waals surface area contributed by atoms with E-state index in [1.54, 1.807) is 37.4 Å². The first-order valence-corrected chi connectivity index (χ1v) is 20.0. The Labute approximate surface area is 388 Å². The maximum atomic E-state index is 10.5. The van der Waals surface area contributed by atoms with Gasteiger partial charge in [0.05, 0.1) is 38.5 Å². The molecule has 0 radical (unpaired) electrons. The summed E-state index contributed by atoms with van der Waals surface area (Å²) in [6.07, 6.45) is 18.8. The number of alkyl halides is 6. The van der Waals surface area contributed by atoms with E-state index in [1.165, 1.54) is 47.9 Å². The van der Waals surface area contributed by atoms with Crippen LogP contribution in [0.4, 0.5) is 26.3 Å². The van der Waals surface area contributed by atoms with Gasteiger partial charge < -0.3 is 47.5 Å². The molecule has 0 aliphatic heterocycles. The molecule has 0 unspecified atom stereocenters. The predicted octanol–water partition coefficient (Wildman–Crippen LogP) is 7.05. The van der Waals surface area contributed by atoms with Crippen LogP contribution in [-0.2, 0) is 56.3 Å². The zero-order valence-corrected chi connectivity index (χ0v) is 40.4. The van der Waals surface area contributed by atoms with Crippen molar-refractivity contribution in [2.75, 3.05) is 13.2 Å². The van der Waals surface area contributed by atoms with Gasteiger partial charge in [-0.25, -0.2) is 19.9 Å². The number of unbranched alkanes of at least 4 members (excludes halogenated alkanes) is 4. The standard InChI is InChI=1S/2C16H22N2O.2C4H6N2.2C2HF3O2.Zn/c2*1-3-4-5-8-19-16-10-14(2)9-15(11-16)12-18-7-6-17-13-18;2*1-6-3-2-5-4-6;2*3-2(4,5)1(6)7;/h2*6-7,9-11,13H,3-5,8,12H2,1-2H3;2*2-4H,1H3;2*(H,6,7);/q;;;;;;+2/p-2. The molecule has 0 fully saturated rings. The second-order valence-electron chi connectivity index (χ2n) is 13.9. The van der Waals surface area contributed by atoms with E-state index < -0.39 is 24.3 Å². The Bertz CT molecular complexity index is 1950. The monoisotopic (exact) mass is 970 g/mol. The minimum absolute atomic E-state index is 0. The molecule has 0 aliphatic carbocycles. The average molecular weight is 972 g/mol. The Kier molecular flexibility index (Phi) is 29.6. The maximum Gasteiger partial charge on any atom is 2.00 e. The summed E-state index contributed by atoms with van der Waals surface area (Å²) >= 11 is 0. The van der Waals surface area contributed by atoms with E-state index in [9.17, 15) is 26.3 Å². The van der Waals surface area contributed by atoms with Gasteiger partial charge in [0.15, 0.2) is 0 Å². The molecule has 21 heteroatoms. The first-order chi connectivity index (χ1) is 30.2. The van der Waals surface area contributed by atoms with Crippen LogP contribution in [0, 0.1) is 13.8 Å². The van der Waals surface area contributed by atoms with Crippen LogP contribution in [0.25, 0.3) is 0 Å². The number of aromatic nitrogens is 8. The molecule has 0 spiro atoms. The minimum atomic E-state index is -5.19. The molecule has 0 atom stereocenters. The van der Waals surface area contributed by atoms with Crippen LogP contribution in [0.5, 0.6) is 11.5 Å². The number of carboxylic acid groups (broad SMARTS) is 2. The van der Waals surface area contributed by atoms with Crippen molar-refractivity contribution in [3.8, 4) is 11.5 Å². The van der Waals surface area contributed by atoms with Crippen molar-refractivity contribution in [1.29, 1.82) is 0 Å². The third-order valence-corrected chi connectivity index (χ3v) is 7.84. The topological polar surface area (TPSA) is 170 Å². The summed E-state index contributed by atoms with van der Waals surface area (Å²) in [4.78, 5) is 33.3. The average Bonchev–Trinajstić information content (AvgIpc) is 4.07. The number of imidazole rings is 4. The molecular weight excluding hydrogens is 916 g/mol. The van der Waals surface area contributed by atoms with Gasteiger partial charge in [-0.2, -0.15) is 26.3 Å². The Morgan fingerprint density at radius 1 is 0.554 bits per heavy atom. The number of aryl methyl sites for hydroxylation is 4. The number of nitrogens with zero attached hydrogens (tertiary/aromatic N) is 8. The van der Waals surface area contributed by atoms with Crippen LogP contribution in [0.2, 0.25) is 0 Å². The molecule has 4 heterocycles. The van der Waals surface area contributed by atoms with Crippen molar-refractivity contribution in [3.63, 3.8) is 0 Å². The number of hydrogen-bond donors (Lipinski definition) is 0. The van der Waals surface area contributed by atoms with E-state index in [1.807, 2.05) is 60.7 Å². The zero-order chi connectivity index (χ0) is 48.0. The molecule has 352 valence electrons. The van der Waals surface area contributed by atoms with Crippen molar-refractivity contribution in [2.45, 2.75) is 91.7 Å². The van der Waals surface area contributed by atoms with Crippen molar-refractivity contribution in [1.82, 2.24) is 38.2 Å². The zero-order valence-electron chi connectivity index (χ0n) is 37.5. The minimum Gasteiger partial charge on any atom is -0.542 e. The van der Waals surface area contributed by atoms with Crippen LogP contribution in [0.3, 0.4) is 0 Å². The van der Waals surface area contributed by atoms with E-state index in [0.717, 1.165) is 50.6 Å². The smallest absolute Gasteiger partial charge is 0.542 e. The van der Waals surface area contributed by atoms with Crippen molar-refractivity contribution in [3.05, 3.63) is 134 Å². The van der Waals surface area contributed by atoms with Crippen molar-refractivity contribution < 1.29 is 75.1 Å². The van der Waals surface area contributed by atoms with Crippen LogP contribution >= 0.6 is 0 Å². The number of carboxylic acids is 2. The summed E-state index contributed by atoms with van der Waals surface area (Å²) in [5.74, 6) is -4.06. The van der Waals surface area contributed by atoms with Crippen LogP contribution in [0.15, 0.2) is 111 Å². The number of carbonyl (C=O) groups is 2. The Hall–Kier alpha value is -5.98. The van der Waals surface area contributed by atoms with Gasteiger partial charge in [0.2, 0.25) is 0 Å². The quantitative estimate of drug-likeness (QED) is 0.0626. The van der Waals surface area contributed by atoms with Gasteiger partial charge in [0.25, 0.3) is 0 Å². The summed E-state index contributed by atoms with van der Waals surface area (Å²) in [6.45, 7) is 11.9. The number of rotatable bonds is 14. The summed E-state index contributed by atoms with van der Waals surface area (Å²) in [7, 11) is 3.88. The van der Waals surface area contributed by atoms with Crippen LogP contribution in [0.1, 0.15) is 74.6 Å². The number of benzene rings is 2. The molecular formula is C44H56F6N8O6Zn. The number of aliphatic carboxylic acids is 2. The van der Waals surface area contributed by atoms with E-state index in [0.29, 0.717) is 0 Å².